The van der Waals surface area contributed by atoms with Gasteiger partial charge in [-0.3, -0.25) is 4.79 Å². The summed E-state index contributed by atoms with van der Waals surface area (Å²) in [6.07, 6.45) is 6.84. The van der Waals surface area contributed by atoms with Crippen LogP contribution >= 0.6 is 0 Å². The zero-order valence-electron chi connectivity index (χ0n) is 16.6. The lowest BCUT2D eigenvalue weighted by Gasteiger charge is -2.33. The molecule has 1 aromatic carbocycles. The Hall–Kier alpha value is -2.47. The maximum atomic E-state index is 12.6. The van der Waals surface area contributed by atoms with E-state index in [0.29, 0.717) is 5.56 Å². The number of hydrogen-bond donors (Lipinski definition) is 0. The van der Waals surface area contributed by atoms with E-state index < -0.39 is 0 Å². The Labute approximate surface area is 167 Å². The summed E-state index contributed by atoms with van der Waals surface area (Å²) in [5, 5.41) is 0. The number of carbonyl (C=O) groups excluding carboxylic acids is 1. The molecule has 2 aromatic rings. The number of nitrogens with zero attached hydrogens (tertiary/aromatic N) is 5. The van der Waals surface area contributed by atoms with E-state index in [4.69, 9.17) is 0 Å². The fourth-order valence-electron chi connectivity index (χ4n) is 4.07. The number of anilines is 1. The lowest BCUT2D eigenvalue weighted by molar-refractivity contribution is 0.0663. The molecular weight excluding hydrogens is 350 g/mol. The summed E-state index contributed by atoms with van der Waals surface area (Å²) in [6, 6.07) is 10.7. The molecule has 6 heteroatoms. The van der Waals surface area contributed by atoms with Gasteiger partial charge in [0.1, 0.15) is 0 Å². The van der Waals surface area contributed by atoms with Crippen LogP contribution in [0.5, 0.6) is 0 Å². The lowest BCUT2D eigenvalue weighted by Crippen LogP contribution is -2.47. The Morgan fingerprint density at radius 3 is 2.25 bits per heavy atom. The number of benzene rings is 1. The minimum atomic E-state index is 0.0428. The maximum Gasteiger partial charge on any atom is 0.257 e. The third kappa shape index (κ3) is 4.50. The minimum Gasteiger partial charge on any atom is -0.341 e. The van der Waals surface area contributed by atoms with Gasteiger partial charge < -0.3 is 14.7 Å². The molecule has 2 fully saturated rings. The van der Waals surface area contributed by atoms with Crippen molar-refractivity contribution in [2.24, 2.45) is 5.92 Å². The smallest absolute Gasteiger partial charge is 0.257 e. The highest BCUT2D eigenvalue weighted by Gasteiger charge is 2.23. The summed E-state index contributed by atoms with van der Waals surface area (Å²) >= 11 is 0. The third-order valence-corrected chi connectivity index (χ3v) is 5.94. The Kier molecular flexibility index (Phi) is 5.86. The summed E-state index contributed by atoms with van der Waals surface area (Å²) in [5.41, 5.74) is 2.01. The molecule has 3 heterocycles. The summed E-state index contributed by atoms with van der Waals surface area (Å²) in [5.74, 6) is 1.51. The predicted octanol–water partition coefficient (Wildman–Crippen LogP) is 2.32. The van der Waals surface area contributed by atoms with Crippen molar-refractivity contribution in [3.8, 4) is 0 Å². The van der Waals surface area contributed by atoms with Gasteiger partial charge in [0.15, 0.2) is 0 Å². The largest absolute Gasteiger partial charge is 0.341 e. The van der Waals surface area contributed by atoms with E-state index in [9.17, 15) is 4.79 Å². The first kappa shape index (κ1) is 18.9. The van der Waals surface area contributed by atoms with E-state index in [2.05, 4.69) is 57.1 Å². The number of piperazine rings is 1. The molecule has 0 saturated carbocycles. The number of aromatic nitrogens is 2. The number of amides is 1. The fraction of sp³-hybridized carbons (Fsp3) is 0.500. The Balaban J connectivity index is 1.30. The molecular formula is C22H29N5O. The highest BCUT2D eigenvalue weighted by molar-refractivity contribution is 5.93. The Bertz CT molecular complexity index is 763. The van der Waals surface area contributed by atoms with E-state index in [-0.39, 0.29) is 5.91 Å². The van der Waals surface area contributed by atoms with E-state index in [1.165, 1.54) is 5.56 Å². The number of piperidine rings is 1. The molecule has 0 unspecified atom stereocenters. The van der Waals surface area contributed by atoms with E-state index in [0.717, 1.165) is 70.4 Å². The molecule has 1 amide bonds. The second kappa shape index (κ2) is 8.69. The lowest BCUT2D eigenvalue weighted by atomic mass is 9.90. The quantitative estimate of drug-likeness (QED) is 0.816. The molecule has 0 radical (unpaired) electrons. The van der Waals surface area contributed by atoms with Gasteiger partial charge >= 0.3 is 0 Å². The van der Waals surface area contributed by atoms with Gasteiger partial charge in [-0.25, -0.2) is 9.97 Å². The van der Waals surface area contributed by atoms with E-state index in [1.54, 1.807) is 12.4 Å². The van der Waals surface area contributed by atoms with Gasteiger partial charge in [0.25, 0.3) is 5.91 Å². The van der Waals surface area contributed by atoms with Crippen LogP contribution in [-0.2, 0) is 6.42 Å². The molecule has 28 heavy (non-hydrogen) atoms. The van der Waals surface area contributed by atoms with Crippen LogP contribution in [0.1, 0.15) is 28.8 Å². The number of hydrogen-bond acceptors (Lipinski definition) is 5. The first-order chi connectivity index (χ1) is 13.7. The molecule has 6 nitrogen and oxygen atoms in total. The van der Waals surface area contributed by atoms with Crippen LogP contribution in [0, 0.1) is 5.92 Å². The fourth-order valence-corrected chi connectivity index (χ4v) is 4.07. The van der Waals surface area contributed by atoms with E-state index >= 15 is 0 Å². The van der Waals surface area contributed by atoms with Crippen LogP contribution in [0.3, 0.4) is 0 Å². The summed E-state index contributed by atoms with van der Waals surface area (Å²) in [6.45, 7) is 5.33. The van der Waals surface area contributed by atoms with Crippen molar-refractivity contribution in [1.82, 2.24) is 19.8 Å². The van der Waals surface area contributed by atoms with Crippen molar-refractivity contribution >= 4 is 11.9 Å². The molecule has 2 aliphatic heterocycles. The first-order valence-corrected chi connectivity index (χ1v) is 10.3. The molecule has 0 spiro atoms. The molecule has 0 N–H and O–H groups in total. The van der Waals surface area contributed by atoms with Crippen molar-refractivity contribution in [2.75, 3.05) is 51.2 Å². The average Bonchev–Trinajstić information content (AvgIpc) is 2.75. The van der Waals surface area contributed by atoms with Crippen LogP contribution in [0.4, 0.5) is 5.95 Å². The van der Waals surface area contributed by atoms with Crippen molar-refractivity contribution in [2.45, 2.75) is 19.3 Å². The average molecular weight is 380 g/mol. The van der Waals surface area contributed by atoms with Gasteiger partial charge in [0.05, 0.1) is 5.56 Å². The van der Waals surface area contributed by atoms with Gasteiger partial charge in [0, 0.05) is 51.7 Å². The first-order valence-electron chi connectivity index (χ1n) is 10.3. The van der Waals surface area contributed by atoms with Crippen LogP contribution in [-0.4, -0.2) is 72.0 Å². The summed E-state index contributed by atoms with van der Waals surface area (Å²) in [4.78, 5) is 28.0. The van der Waals surface area contributed by atoms with Crippen molar-refractivity contribution in [3.05, 3.63) is 53.9 Å². The molecule has 148 valence electrons. The third-order valence-electron chi connectivity index (χ3n) is 5.94. The molecule has 0 atom stereocenters. The van der Waals surface area contributed by atoms with Crippen LogP contribution in [0.15, 0.2) is 42.7 Å². The maximum absolute atomic E-state index is 12.6. The normalized spacial score (nSPS) is 19.0. The highest BCUT2D eigenvalue weighted by Crippen LogP contribution is 2.24. The van der Waals surface area contributed by atoms with Crippen molar-refractivity contribution in [3.63, 3.8) is 0 Å². The van der Waals surface area contributed by atoms with Gasteiger partial charge in [-0.05, 0) is 37.8 Å². The molecule has 2 aliphatic rings. The predicted molar refractivity (Wildman–Crippen MR) is 111 cm³/mol. The summed E-state index contributed by atoms with van der Waals surface area (Å²) in [7, 11) is 2.09. The number of likely N-dealkylation sites (N-methyl/N-ethyl adjacent to an activating group) is 1. The topological polar surface area (TPSA) is 52.6 Å². The second-order valence-electron chi connectivity index (χ2n) is 7.99. The standard InChI is InChI=1S/C22H29N5O/c1-25-11-13-26(14-12-25)21(28)20-16-23-22(24-17-20)27-9-7-19(8-10-27)15-18-5-3-2-4-6-18/h2-6,16-17,19H,7-15H2,1H3. The van der Waals surface area contributed by atoms with Crippen molar-refractivity contribution in [1.29, 1.82) is 0 Å². The van der Waals surface area contributed by atoms with Crippen molar-refractivity contribution < 1.29 is 4.79 Å². The molecule has 2 saturated heterocycles. The zero-order chi connectivity index (χ0) is 19.3. The molecule has 1 aromatic heterocycles. The SMILES string of the molecule is CN1CCN(C(=O)c2cnc(N3CCC(Cc4ccccc4)CC3)nc2)CC1. The monoisotopic (exact) mass is 379 g/mol. The number of rotatable bonds is 4. The van der Waals surface area contributed by atoms with E-state index in [1.807, 2.05) is 4.90 Å². The molecule has 0 aliphatic carbocycles. The van der Waals surface area contributed by atoms with Crippen LogP contribution in [0.2, 0.25) is 0 Å². The second-order valence-corrected chi connectivity index (χ2v) is 7.99. The summed E-state index contributed by atoms with van der Waals surface area (Å²) < 4.78 is 0. The van der Waals surface area contributed by atoms with Gasteiger partial charge in [-0.15, -0.1) is 0 Å². The molecule has 0 bridgehead atoms. The van der Waals surface area contributed by atoms with Gasteiger partial charge in [-0.2, -0.15) is 0 Å². The van der Waals surface area contributed by atoms with Gasteiger partial charge in [-0.1, -0.05) is 30.3 Å². The van der Waals surface area contributed by atoms with Crippen LogP contribution < -0.4 is 4.90 Å². The van der Waals surface area contributed by atoms with Crippen LogP contribution in [0.25, 0.3) is 0 Å². The Morgan fingerprint density at radius 1 is 0.964 bits per heavy atom. The Morgan fingerprint density at radius 2 is 1.61 bits per heavy atom. The minimum absolute atomic E-state index is 0.0428. The van der Waals surface area contributed by atoms with Gasteiger partial charge in [0.2, 0.25) is 5.95 Å². The highest BCUT2D eigenvalue weighted by atomic mass is 16.2. The number of carbonyl (C=O) groups is 1. The zero-order valence-corrected chi connectivity index (χ0v) is 16.6. The molecule has 4 rings (SSSR count).